The summed E-state index contributed by atoms with van der Waals surface area (Å²) in [5, 5.41) is 8.94. The van der Waals surface area contributed by atoms with Crippen LogP contribution in [0.4, 0.5) is 5.69 Å². The van der Waals surface area contributed by atoms with E-state index in [0.29, 0.717) is 12.2 Å². The molecule has 0 spiro atoms. The maximum absolute atomic E-state index is 10.9. The average molecular weight is 246 g/mol. The van der Waals surface area contributed by atoms with Gasteiger partial charge in [-0.15, -0.1) is 0 Å². The molecule has 0 aliphatic carbocycles. The van der Waals surface area contributed by atoms with Gasteiger partial charge in [0.05, 0.1) is 0 Å². The Labute approximate surface area is 107 Å². The van der Waals surface area contributed by atoms with Gasteiger partial charge in [-0.25, -0.2) is 4.79 Å². The Morgan fingerprint density at radius 1 is 1.22 bits per heavy atom. The van der Waals surface area contributed by atoms with Crippen LogP contribution in [0.25, 0.3) is 0 Å². The van der Waals surface area contributed by atoms with Crippen molar-refractivity contribution in [3.05, 3.63) is 53.9 Å². The van der Waals surface area contributed by atoms with Gasteiger partial charge in [0.1, 0.15) is 5.69 Å². The molecular formula is C14H18N2O2. The summed E-state index contributed by atoms with van der Waals surface area (Å²) in [6.07, 6.45) is 1.75. The summed E-state index contributed by atoms with van der Waals surface area (Å²) < 4.78 is 1.69. The van der Waals surface area contributed by atoms with Gasteiger partial charge in [-0.3, -0.25) is 0 Å². The smallest absolute Gasteiger partial charge is 0.352 e. The average Bonchev–Trinajstić information content (AvgIpc) is 2.83. The van der Waals surface area contributed by atoms with Gasteiger partial charge in [0.25, 0.3) is 0 Å². The van der Waals surface area contributed by atoms with Crippen molar-refractivity contribution >= 4 is 11.7 Å². The fraction of sp³-hybridized carbons (Fsp3) is 0.214. The van der Waals surface area contributed by atoms with E-state index in [9.17, 15) is 4.79 Å². The van der Waals surface area contributed by atoms with Crippen LogP contribution >= 0.6 is 0 Å². The third-order valence-corrected chi connectivity index (χ3v) is 2.38. The third kappa shape index (κ3) is 3.38. The molecule has 18 heavy (non-hydrogen) atoms. The van der Waals surface area contributed by atoms with Crippen molar-refractivity contribution in [2.75, 3.05) is 5.73 Å². The molecule has 0 fully saturated rings. The van der Waals surface area contributed by atoms with Crippen LogP contribution in [0.3, 0.4) is 0 Å². The van der Waals surface area contributed by atoms with Gasteiger partial charge in [-0.2, -0.15) is 0 Å². The highest BCUT2D eigenvalue weighted by Gasteiger charge is 2.08. The summed E-state index contributed by atoms with van der Waals surface area (Å²) in [6, 6.07) is 10.7. The van der Waals surface area contributed by atoms with Gasteiger partial charge in [-0.05, 0) is 29.8 Å². The van der Waals surface area contributed by atoms with Crippen molar-refractivity contribution < 1.29 is 9.90 Å². The summed E-state index contributed by atoms with van der Waals surface area (Å²) >= 11 is 0. The number of aromatic carboxylic acids is 1. The number of nitrogen functional groups attached to an aromatic ring is 1. The van der Waals surface area contributed by atoms with Crippen LogP contribution in [0.5, 0.6) is 0 Å². The Hall–Kier alpha value is -2.23. The Morgan fingerprint density at radius 2 is 1.83 bits per heavy atom. The zero-order valence-corrected chi connectivity index (χ0v) is 10.6. The maximum atomic E-state index is 10.9. The van der Waals surface area contributed by atoms with Crippen LogP contribution in [0.2, 0.25) is 0 Å². The zero-order valence-electron chi connectivity index (χ0n) is 10.6. The molecule has 0 unspecified atom stereocenters. The minimum absolute atomic E-state index is 0.289. The Balaban J connectivity index is 0.000000771. The zero-order chi connectivity index (χ0) is 13.5. The molecule has 1 aromatic heterocycles. The Kier molecular flexibility index (Phi) is 4.99. The van der Waals surface area contributed by atoms with Crippen molar-refractivity contribution in [3.63, 3.8) is 0 Å². The summed E-state index contributed by atoms with van der Waals surface area (Å²) in [7, 11) is 0. The van der Waals surface area contributed by atoms with Crippen LogP contribution in [-0.4, -0.2) is 15.6 Å². The Bertz CT molecular complexity index is 501. The largest absolute Gasteiger partial charge is 0.477 e. The first kappa shape index (κ1) is 13.8. The van der Waals surface area contributed by atoms with E-state index in [4.69, 9.17) is 10.8 Å². The first-order valence-corrected chi connectivity index (χ1v) is 5.89. The molecule has 2 rings (SSSR count). The second kappa shape index (κ2) is 6.49. The van der Waals surface area contributed by atoms with Gasteiger partial charge < -0.3 is 15.4 Å². The highest BCUT2D eigenvalue weighted by Crippen LogP contribution is 2.10. The summed E-state index contributed by atoms with van der Waals surface area (Å²) in [5.74, 6) is -0.916. The number of carboxylic acid groups (broad SMARTS) is 1. The van der Waals surface area contributed by atoms with E-state index in [1.54, 1.807) is 35.0 Å². The van der Waals surface area contributed by atoms with Gasteiger partial charge in [-0.1, -0.05) is 26.0 Å². The summed E-state index contributed by atoms with van der Waals surface area (Å²) in [6.45, 7) is 4.54. The molecule has 0 radical (unpaired) electrons. The summed E-state index contributed by atoms with van der Waals surface area (Å²) in [4.78, 5) is 10.9. The van der Waals surface area contributed by atoms with E-state index in [1.165, 1.54) is 0 Å². The first-order valence-electron chi connectivity index (χ1n) is 5.89. The maximum Gasteiger partial charge on any atom is 0.352 e. The number of nitrogens with two attached hydrogens (primary N) is 1. The standard InChI is InChI=1S/C12H12N2O2.C2H6/c13-10-5-3-9(4-6-10)8-14-7-1-2-11(14)12(15)16;1-2/h1-7H,8,13H2,(H,15,16);1-2H3. The number of carbonyl (C=O) groups is 1. The second-order valence-electron chi connectivity index (χ2n) is 3.57. The molecular weight excluding hydrogens is 228 g/mol. The summed E-state index contributed by atoms with van der Waals surface area (Å²) in [5.41, 5.74) is 7.59. The lowest BCUT2D eigenvalue weighted by molar-refractivity contribution is 0.0685. The van der Waals surface area contributed by atoms with Crippen molar-refractivity contribution in [1.29, 1.82) is 0 Å². The van der Waals surface area contributed by atoms with Gasteiger partial charge in [0.15, 0.2) is 0 Å². The van der Waals surface area contributed by atoms with E-state index in [-0.39, 0.29) is 5.69 Å². The lowest BCUT2D eigenvalue weighted by Crippen LogP contribution is -2.08. The molecule has 3 N–H and O–H groups in total. The van der Waals surface area contributed by atoms with Crippen molar-refractivity contribution in [2.45, 2.75) is 20.4 Å². The minimum Gasteiger partial charge on any atom is -0.477 e. The first-order chi connectivity index (χ1) is 8.66. The number of benzene rings is 1. The number of aromatic nitrogens is 1. The van der Waals surface area contributed by atoms with E-state index in [2.05, 4.69) is 0 Å². The van der Waals surface area contributed by atoms with Crippen LogP contribution in [0.15, 0.2) is 42.6 Å². The van der Waals surface area contributed by atoms with Crippen LogP contribution in [0.1, 0.15) is 29.9 Å². The van der Waals surface area contributed by atoms with E-state index >= 15 is 0 Å². The predicted molar refractivity (Wildman–Crippen MR) is 72.7 cm³/mol. The van der Waals surface area contributed by atoms with E-state index in [1.807, 2.05) is 26.0 Å². The molecule has 0 saturated heterocycles. The molecule has 0 saturated carbocycles. The number of rotatable bonds is 3. The SMILES string of the molecule is CC.Nc1ccc(Cn2cccc2C(=O)O)cc1. The molecule has 0 aliphatic rings. The molecule has 96 valence electrons. The number of hydrogen-bond acceptors (Lipinski definition) is 2. The molecule has 4 heteroatoms. The molecule has 4 nitrogen and oxygen atoms in total. The Morgan fingerprint density at radius 3 is 2.39 bits per heavy atom. The van der Waals surface area contributed by atoms with Gasteiger partial charge in [0.2, 0.25) is 0 Å². The molecule has 1 aromatic carbocycles. The number of anilines is 1. The lowest BCUT2D eigenvalue weighted by Gasteiger charge is -2.06. The molecule has 1 heterocycles. The van der Waals surface area contributed by atoms with Crippen LogP contribution in [-0.2, 0) is 6.54 Å². The molecule has 0 atom stereocenters. The van der Waals surface area contributed by atoms with Crippen molar-refractivity contribution in [1.82, 2.24) is 4.57 Å². The number of hydrogen-bond donors (Lipinski definition) is 2. The molecule has 2 aromatic rings. The minimum atomic E-state index is -0.916. The highest BCUT2D eigenvalue weighted by atomic mass is 16.4. The van der Waals surface area contributed by atoms with Crippen LogP contribution < -0.4 is 5.73 Å². The van der Waals surface area contributed by atoms with Crippen LogP contribution in [0, 0.1) is 0 Å². The number of nitrogens with zero attached hydrogens (tertiary/aromatic N) is 1. The third-order valence-electron chi connectivity index (χ3n) is 2.38. The predicted octanol–water partition coefficient (Wildman–Crippen LogP) is 2.84. The normalized spacial score (nSPS) is 9.44. The van der Waals surface area contributed by atoms with E-state index in [0.717, 1.165) is 5.56 Å². The monoisotopic (exact) mass is 246 g/mol. The topological polar surface area (TPSA) is 68.2 Å². The molecule has 0 amide bonds. The fourth-order valence-corrected chi connectivity index (χ4v) is 1.57. The quantitative estimate of drug-likeness (QED) is 0.818. The fourth-order valence-electron chi connectivity index (χ4n) is 1.57. The number of carboxylic acids is 1. The highest BCUT2D eigenvalue weighted by molar-refractivity contribution is 5.85. The van der Waals surface area contributed by atoms with Crippen molar-refractivity contribution in [2.24, 2.45) is 0 Å². The van der Waals surface area contributed by atoms with Gasteiger partial charge >= 0.3 is 5.97 Å². The molecule has 0 bridgehead atoms. The van der Waals surface area contributed by atoms with E-state index < -0.39 is 5.97 Å². The van der Waals surface area contributed by atoms with Crippen molar-refractivity contribution in [3.8, 4) is 0 Å². The second-order valence-corrected chi connectivity index (χ2v) is 3.57. The van der Waals surface area contributed by atoms with Gasteiger partial charge in [0, 0.05) is 18.4 Å². The molecule has 0 aliphatic heterocycles. The lowest BCUT2D eigenvalue weighted by atomic mass is 10.2.